The molecule has 2 aliphatic carbocycles. The van der Waals surface area contributed by atoms with E-state index in [1.54, 1.807) is 6.08 Å². The maximum atomic E-state index is 12.8. The van der Waals surface area contributed by atoms with Crippen LogP contribution in [-0.2, 0) is 30.2 Å². The van der Waals surface area contributed by atoms with Crippen molar-refractivity contribution in [2.45, 2.75) is 48.9 Å². The van der Waals surface area contributed by atoms with Crippen molar-refractivity contribution in [3.05, 3.63) is 12.7 Å². The first-order valence-electron chi connectivity index (χ1n) is 9.05. The zero-order chi connectivity index (χ0) is 19.6. The summed E-state index contributed by atoms with van der Waals surface area (Å²) in [5, 5.41) is 5.07. The summed E-state index contributed by atoms with van der Waals surface area (Å²) in [5.41, 5.74) is -1.15. The van der Waals surface area contributed by atoms with E-state index in [-0.39, 0.29) is 23.6 Å². The Bertz CT molecular complexity index is 695. The number of carbonyl (C=O) groups excluding carboxylic acids is 4. The predicted octanol–water partition coefficient (Wildman–Crippen LogP) is -1.27. The molecule has 2 saturated carbocycles. The third-order valence-corrected chi connectivity index (χ3v) is 6.75. The van der Waals surface area contributed by atoms with Gasteiger partial charge >= 0.3 is 0 Å². The van der Waals surface area contributed by atoms with Gasteiger partial charge in [0.2, 0.25) is 18.2 Å². The number of nitrogens with zero attached hydrogens (tertiary/aromatic N) is 1. The Morgan fingerprint density at radius 3 is 2.59 bits per heavy atom. The molecule has 3 N–H and O–H groups in total. The lowest BCUT2D eigenvalue weighted by Crippen LogP contribution is -2.56. The number of amides is 4. The SMILES string of the molecule is C=CC1CC1(NC(=O)C1CCCN1C(=O)CNC=O)C(=O)NS(=O)C1CC1. The largest absolute Gasteiger partial charge is 0.350 e. The van der Waals surface area contributed by atoms with Gasteiger partial charge in [-0.1, -0.05) is 6.08 Å². The molecule has 9 nitrogen and oxygen atoms in total. The van der Waals surface area contributed by atoms with Gasteiger partial charge in [-0.05, 0) is 32.1 Å². The first-order chi connectivity index (χ1) is 12.9. The van der Waals surface area contributed by atoms with E-state index < -0.39 is 34.4 Å². The second kappa shape index (κ2) is 7.79. The van der Waals surface area contributed by atoms with Crippen LogP contribution in [0.4, 0.5) is 0 Å². The summed E-state index contributed by atoms with van der Waals surface area (Å²) in [7, 11) is -1.44. The molecule has 0 aromatic heterocycles. The van der Waals surface area contributed by atoms with Crippen LogP contribution in [0.1, 0.15) is 32.1 Å². The second-order valence-electron chi connectivity index (χ2n) is 7.18. The van der Waals surface area contributed by atoms with Gasteiger partial charge in [0.1, 0.15) is 22.6 Å². The Kier molecular flexibility index (Phi) is 5.64. The molecule has 4 atom stereocenters. The quantitative estimate of drug-likeness (QED) is 0.331. The summed E-state index contributed by atoms with van der Waals surface area (Å²) < 4.78 is 14.5. The fourth-order valence-electron chi connectivity index (χ4n) is 3.45. The van der Waals surface area contributed by atoms with Crippen molar-refractivity contribution in [3.63, 3.8) is 0 Å². The molecule has 0 bridgehead atoms. The zero-order valence-electron chi connectivity index (χ0n) is 14.9. The number of nitrogens with one attached hydrogen (secondary N) is 3. The minimum absolute atomic E-state index is 0.00380. The van der Waals surface area contributed by atoms with E-state index in [4.69, 9.17) is 0 Å². The molecule has 1 aliphatic heterocycles. The molecule has 27 heavy (non-hydrogen) atoms. The standard InChI is InChI=1S/C17H24N4O5S/c1-2-11-8-17(11,16(25)20-27(26)12-5-6-12)19-15(24)13-4-3-7-21(13)14(23)9-18-10-22/h2,10-13H,1,3-9H2,(H,18,22)(H,19,24)(H,20,25). The van der Waals surface area contributed by atoms with E-state index in [1.807, 2.05) is 0 Å². The van der Waals surface area contributed by atoms with Gasteiger partial charge in [0.05, 0.1) is 11.8 Å². The highest BCUT2D eigenvalue weighted by Gasteiger charge is 2.61. The van der Waals surface area contributed by atoms with Crippen LogP contribution in [0.25, 0.3) is 0 Å². The maximum absolute atomic E-state index is 12.8. The lowest BCUT2D eigenvalue weighted by atomic mass is 10.1. The van der Waals surface area contributed by atoms with Gasteiger partial charge in [-0.2, -0.15) is 0 Å². The first-order valence-corrected chi connectivity index (χ1v) is 10.3. The van der Waals surface area contributed by atoms with Gasteiger partial charge in [0.25, 0.3) is 5.91 Å². The Balaban J connectivity index is 1.65. The average molecular weight is 396 g/mol. The zero-order valence-corrected chi connectivity index (χ0v) is 15.8. The highest BCUT2D eigenvalue weighted by atomic mass is 32.2. The summed E-state index contributed by atoms with van der Waals surface area (Å²) in [5.74, 6) is -1.46. The van der Waals surface area contributed by atoms with E-state index in [9.17, 15) is 23.4 Å². The summed E-state index contributed by atoms with van der Waals surface area (Å²) in [4.78, 5) is 49.4. The summed E-state index contributed by atoms with van der Waals surface area (Å²) in [6.45, 7) is 3.95. The van der Waals surface area contributed by atoms with E-state index in [0.717, 1.165) is 12.8 Å². The Labute approximate surface area is 159 Å². The minimum atomic E-state index is -1.44. The summed E-state index contributed by atoms with van der Waals surface area (Å²) >= 11 is 0. The van der Waals surface area contributed by atoms with E-state index in [1.165, 1.54) is 4.90 Å². The number of likely N-dealkylation sites (tertiary alicyclic amines) is 1. The normalized spacial score (nSPS) is 30.1. The van der Waals surface area contributed by atoms with Gasteiger partial charge in [0.15, 0.2) is 0 Å². The number of carbonyl (C=O) groups is 4. The van der Waals surface area contributed by atoms with Crippen LogP contribution in [-0.4, -0.2) is 63.2 Å². The molecule has 1 heterocycles. The molecule has 3 rings (SSSR count). The van der Waals surface area contributed by atoms with E-state index in [2.05, 4.69) is 21.9 Å². The summed E-state index contributed by atoms with van der Waals surface area (Å²) in [6, 6.07) is -0.685. The van der Waals surface area contributed by atoms with Crippen LogP contribution in [0.3, 0.4) is 0 Å². The number of hydrogen-bond donors (Lipinski definition) is 3. The molecule has 0 spiro atoms. The molecule has 10 heteroatoms. The molecular formula is C17H24N4O5S. The van der Waals surface area contributed by atoms with Gasteiger partial charge in [-0.25, -0.2) is 4.21 Å². The second-order valence-corrected chi connectivity index (χ2v) is 8.64. The predicted molar refractivity (Wildman–Crippen MR) is 97.3 cm³/mol. The minimum Gasteiger partial charge on any atom is -0.350 e. The van der Waals surface area contributed by atoms with Gasteiger partial charge in [-0.15, -0.1) is 6.58 Å². The van der Waals surface area contributed by atoms with E-state index >= 15 is 0 Å². The van der Waals surface area contributed by atoms with Crippen molar-refractivity contribution >= 4 is 35.1 Å². The maximum Gasteiger partial charge on any atom is 0.258 e. The van der Waals surface area contributed by atoms with Gasteiger partial charge < -0.3 is 15.5 Å². The highest BCUT2D eigenvalue weighted by Crippen LogP contribution is 2.45. The van der Waals surface area contributed by atoms with E-state index in [0.29, 0.717) is 32.2 Å². The van der Waals surface area contributed by atoms with Crippen molar-refractivity contribution in [2.24, 2.45) is 5.92 Å². The van der Waals surface area contributed by atoms with Crippen molar-refractivity contribution in [2.75, 3.05) is 13.1 Å². The van der Waals surface area contributed by atoms with Gasteiger partial charge in [-0.3, -0.25) is 23.9 Å². The lowest BCUT2D eigenvalue weighted by Gasteiger charge is -2.26. The molecular weight excluding hydrogens is 372 g/mol. The van der Waals surface area contributed by atoms with Crippen molar-refractivity contribution < 1.29 is 23.4 Å². The topological polar surface area (TPSA) is 125 Å². The molecule has 1 saturated heterocycles. The van der Waals surface area contributed by atoms with Gasteiger partial charge in [0, 0.05) is 12.5 Å². The first kappa shape index (κ1) is 19.5. The fourth-order valence-corrected chi connectivity index (χ4v) is 4.55. The Morgan fingerprint density at radius 2 is 2.00 bits per heavy atom. The molecule has 148 valence electrons. The Morgan fingerprint density at radius 1 is 1.26 bits per heavy atom. The lowest BCUT2D eigenvalue weighted by molar-refractivity contribution is -0.139. The van der Waals surface area contributed by atoms with Crippen molar-refractivity contribution in [1.29, 1.82) is 0 Å². The molecule has 0 aromatic carbocycles. The number of hydrogen-bond acceptors (Lipinski definition) is 5. The highest BCUT2D eigenvalue weighted by molar-refractivity contribution is 7.84. The molecule has 0 radical (unpaired) electrons. The number of rotatable bonds is 9. The third kappa shape index (κ3) is 4.05. The molecule has 3 fully saturated rings. The monoisotopic (exact) mass is 396 g/mol. The van der Waals surface area contributed by atoms with Crippen LogP contribution >= 0.6 is 0 Å². The van der Waals surface area contributed by atoms with Crippen LogP contribution in [0.5, 0.6) is 0 Å². The summed E-state index contributed by atoms with van der Waals surface area (Å²) in [6.07, 6.45) is 5.23. The van der Waals surface area contributed by atoms with Crippen molar-refractivity contribution in [3.8, 4) is 0 Å². The Hall–Kier alpha value is -2.23. The fraction of sp³-hybridized carbons (Fsp3) is 0.647. The molecule has 3 aliphatic rings. The molecule has 0 aromatic rings. The average Bonchev–Trinajstić information content (AvgIpc) is 3.56. The van der Waals surface area contributed by atoms with Crippen LogP contribution in [0.15, 0.2) is 12.7 Å². The van der Waals surface area contributed by atoms with Crippen molar-refractivity contribution in [1.82, 2.24) is 20.3 Å². The third-order valence-electron chi connectivity index (χ3n) is 5.28. The van der Waals surface area contributed by atoms with Crippen LogP contribution < -0.4 is 15.4 Å². The van der Waals surface area contributed by atoms with Crippen LogP contribution in [0, 0.1) is 5.92 Å². The smallest absolute Gasteiger partial charge is 0.258 e. The molecule has 4 unspecified atom stereocenters. The molecule has 4 amide bonds. The van der Waals surface area contributed by atoms with Crippen LogP contribution in [0.2, 0.25) is 0 Å².